The molecule has 0 atom stereocenters. The zero-order valence-electron chi connectivity index (χ0n) is 14.5. The molecule has 1 heterocycles. The van der Waals surface area contributed by atoms with E-state index < -0.39 is 0 Å². The summed E-state index contributed by atoms with van der Waals surface area (Å²) >= 11 is 0. The van der Waals surface area contributed by atoms with Crippen LogP contribution in [0.15, 0.2) is 30.3 Å². The summed E-state index contributed by atoms with van der Waals surface area (Å²) in [6.45, 7) is 9.25. The molecule has 1 aromatic carbocycles. The summed E-state index contributed by atoms with van der Waals surface area (Å²) in [5.74, 6) is 2.22. The second-order valence-corrected chi connectivity index (χ2v) is 7.49. The van der Waals surface area contributed by atoms with Gasteiger partial charge in [0.15, 0.2) is 0 Å². The molecular formula is C19H26N4. The number of hydrogen-bond acceptors (Lipinski definition) is 4. The Hall–Kier alpha value is -2.10. The molecule has 4 nitrogen and oxygen atoms in total. The third kappa shape index (κ3) is 4.68. The van der Waals surface area contributed by atoms with Crippen LogP contribution in [0.1, 0.15) is 56.4 Å². The van der Waals surface area contributed by atoms with Crippen molar-refractivity contribution in [3.63, 3.8) is 0 Å². The zero-order valence-corrected chi connectivity index (χ0v) is 14.5. The third-order valence-corrected chi connectivity index (χ3v) is 3.82. The van der Waals surface area contributed by atoms with Crippen LogP contribution >= 0.6 is 0 Å². The fourth-order valence-electron chi connectivity index (χ4n) is 2.43. The molecule has 1 saturated carbocycles. The number of rotatable bonds is 5. The number of aryl methyl sites for hydroxylation is 1. The average molecular weight is 310 g/mol. The Morgan fingerprint density at radius 3 is 2.39 bits per heavy atom. The van der Waals surface area contributed by atoms with Gasteiger partial charge in [0.1, 0.15) is 5.82 Å². The number of anilines is 2. The number of aromatic nitrogens is 2. The molecule has 0 saturated heterocycles. The van der Waals surface area contributed by atoms with Gasteiger partial charge < -0.3 is 10.6 Å². The Morgan fingerprint density at radius 1 is 1.09 bits per heavy atom. The van der Waals surface area contributed by atoms with Gasteiger partial charge >= 0.3 is 0 Å². The molecule has 3 rings (SSSR count). The molecule has 23 heavy (non-hydrogen) atoms. The molecule has 0 spiro atoms. The van der Waals surface area contributed by atoms with Gasteiger partial charge in [-0.2, -0.15) is 4.98 Å². The summed E-state index contributed by atoms with van der Waals surface area (Å²) < 4.78 is 0. The topological polar surface area (TPSA) is 49.8 Å². The van der Waals surface area contributed by atoms with Crippen LogP contribution in [0.2, 0.25) is 0 Å². The molecule has 0 unspecified atom stereocenters. The van der Waals surface area contributed by atoms with Crippen molar-refractivity contribution in [3.05, 3.63) is 47.2 Å². The summed E-state index contributed by atoms with van der Waals surface area (Å²) in [6.07, 6.45) is 2.48. The summed E-state index contributed by atoms with van der Waals surface area (Å²) in [4.78, 5) is 9.31. The predicted molar refractivity (Wildman–Crippen MR) is 95.9 cm³/mol. The van der Waals surface area contributed by atoms with Gasteiger partial charge in [0.2, 0.25) is 5.95 Å². The maximum atomic E-state index is 4.69. The van der Waals surface area contributed by atoms with Crippen molar-refractivity contribution < 1.29 is 0 Å². The lowest BCUT2D eigenvalue weighted by Gasteiger charge is -2.21. The van der Waals surface area contributed by atoms with Crippen molar-refractivity contribution >= 4 is 11.8 Å². The number of hydrogen-bond donors (Lipinski definition) is 2. The van der Waals surface area contributed by atoms with Gasteiger partial charge in [0.25, 0.3) is 0 Å². The molecule has 1 aliphatic rings. The van der Waals surface area contributed by atoms with Crippen LogP contribution in [0.25, 0.3) is 0 Å². The molecule has 2 N–H and O–H groups in total. The summed E-state index contributed by atoms with van der Waals surface area (Å²) in [6, 6.07) is 10.7. The van der Waals surface area contributed by atoms with E-state index in [0.717, 1.165) is 18.1 Å². The number of nitrogens with zero attached hydrogens (tertiary/aromatic N) is 2. The molecule has 0 radical (unpaired) electrons. The van der Waals surface area contributed by atoms with Crippen LogP contribution in [-0.4, -0.2) is 15.5 Å². The molecule has 2 aromatic rings. The SMILES string of the molecule is Cc1ccc(CNc2cc(C3CC3)nc(NC(C)(C)C)n2)cc1. The smallest absolute Gasteiger partial charge is 0.225 e. The minimum Gasteiger partial charge on any atom is -0.366 e. The Kier molecular flexibility index (Phi) is 4.24. The molecule has 0 amide bonds. The number of benzene rings is 1. The van der Waals surface area contributed by atoms with Crippen molar-refractivity contribution in [2.45, 2.75) is 58.5 Å². The van der Waals surface area contributed by atoms with E-state index in [2.05, 4.69) is 78.6 Å². The normalized spacial score (nSPS) is 14.6. The Labute approximate surface area is 138 Å². The van der Waals surface area contributed by atoms with Crippen LogP contribution in [-0.2, 0) is 6.54 Å². The molecule has 0 bridgehead atoms. The first-order valence-electron chi connectivity index (χ1n) is 8.36. The quantitative estimate of drug-likeness (QED) is 0.854. The minimum atomic E-state index is -0.0452. The zero-order chi connectivity index (χ0) is 16.4. The van der Waals surface area contributed by atoms with E-state index >= 15 is 0 Å². The van der Waals surface area contributed by atoms with Crippen LogP contribution < -0.4 is 10.6 Å². The monoisotopic (exact) mass is 310 g/mol. The van der Waals surface area contributed by atoms with E-state index in [1.165, 1.54) is 24.0 Å². The van der Waals surface area contributed by atoms with Gasteiger partial charge in [-0.3, -0.25) is 0 Å². The van der Waals surface area contributed by atoms with Crippen LogP contribution in [0.5, 0.6) is 0 Å². The Morgan fingerprint density at radius 2 is 1.78 bits per heavy atom. The average Bonchev–Trinajstić information content (AvgIpc) is 3.29. The van der Waals surface area contributed by atoms with E-state index in [1.807, 2.05) is 0 Å². The standard InChI is InChI=1S/C19H26N4/c1-13-5-7-14(8-6-13)12-20-17-11-16(15-9-10-15)21-18(22-17)23-19(2,3)4/h5-8,11,15H,9-10,12H2,1-4H3,(H2,20,21,22,23). The van der Waals surface area contributed by atoms with Crippen molar-refractivity contribution in [2.24, 2.45) is 0 Å². The molecule has 1 fully saturated rings. The van der Waals surface area contributed by atoms with Crippen LogP contribution in [0, 0.1) is 6.92 Å². The fourth-order valence-corrected chi connectivity index (χ4v) is 2.43. The largest absolute Gasteiger partial charge is 0.366 e. The Bertz CT molecular complexity index is 667. The second-order valence-electron chi connectivity index (χ2n) is 7.49. The highest BCUT2D eigenvalue weighted by Gasteiger charge is 2.26. The first-order valence-corrected chi connectivity index (χ1v) is 8.36. The molecular weight excluding hydrogens is 284 g/mol. The highest BCUT2D eigenvalue weighted by molar-refractivity contribution is 5.45. The van der Waals surface area contributed by atoms with E-state index in [0.29, 0.717) is 11.9 Å². The molecule has 4 heteroatoms. The van der Waals surface area contributed by atoms with Gasteiger partial charge in [0.05, 0.1) is 5.69 Å². The molecule has 1 aliphatic carbocycles. The maximum Gasteiger partial charge on any atom is 0.225 e. The van der Waals surface area contributed by atoms with Gasteiger partial charge in [0, 0.05) is 24.1 Å². The van der Waals surface area contributed by atoms with Crippen LogP contribution in [0.3, 0.4) is 0 Å². The Balaban J connectivity index is 1.75. The fraction of sp³-hybridized carbons (Fsp3) is 0.474. The summed E-state index contributed by atoms with van der Waals surface area (Å²) in [7, 11) is 0. The first kappa shape index (κ1) is 15.8. The summed E-state index contributed by atoms with van der Waals surface area (Å²) in [5.41, 5.74) is 3.64. The first-order chi connectivity index (χ1) is 10.9. The van der Waals surface area contributed by atoms with Gasteiger partial charge in [-0.25, -0.2) is 4.98 Å². The lowest BCUT2D eigenvalue weighted by molar-refractivity contribution is 0.625. The van der Waals surface area contributed by atoms with E-state index in [1.54, 1.807) is 0 Å². The second kappa shape index (κ2) is 6.19. The minimum absolute atomic E-state index is 0.0452. The van der Waals surface area contributed by atoms with Crippen molar-refractivity contribution in [2.75, 3.05) is 10.6 Å². The third-order valence-electron chi connectivity index (χ3n) is 3.82. The summed E-state index contributed by atoms with van der Waals surface area (Å²) in [5, 5.41) is 6.83. The predicted octanol–water partition coefficient (Wildman–Crippen LogP) is 4.48. The van der Waals surface area contributed by atoms with Gasteiger partial charge in [-0.05, 0) is 46.1 Å². The van der Waals surface area contributed by atoms with Crippen molar-refractivity contribution in [1.82, 2.24) is 9.97 Å². The molecule has 122 valence electrons. The van der Waals surface area contributed by atoms with Gasteiger partial charge in [-0.15, -0.1) is 0 Å². The highest BCUT2D eigenvalue weighted by atomic mass is 15.2. The van der Waals surface area contributed by atoms with Gasteiger partial charge in [-0.1, -0.05) is 29.8 Å². The van der Waals surface area contributed by atoms with E-state index in [4.69, 9.17) is 0 Å². The van der Waals surface area contributed by atoms with Crippen LogP contribution in [0.4, 0.5) is 11.8 Å². The van der Waals surface area contributed by atoms with Crippen molar-refractivity contribution in [1.29, 1.82) is 0 Å². The lowest BCUT2D eigenvalue weighted by Crippen LogP contribution is -2.27. The lowest BCUT2D eigenvalue weighted by atomic mass is 10.1. The molecule has 0 aliphatic heterocycles. The van der Waals surface area contributed by atoms with E-state index in [-0.39, 0.29) is 5.54 Å². The highest BCUT2D eigenvalue weighted by Crippen LogP contribution is 2.40. The van der Waals surface area contributed by atoms with E-state index in [9.17, 15) is 0 Å². The van der Waals surface area contributed by atoms with Crippen molar-refractivity contribution in [3.8, 4) is 0 Å². The molecule has 1 aromatic heterocycles. The maximum absolute atomic E-state index is 4.69. The number of nitrogens with one attached hydrogen (secondary N) is 2.